The Balaban J connectivity index is 0.00000392. The van der Waals surface area contributed by atoms with Crippen LogP contribution in [0.5, 0.6) is 0 Å². The fourth-order valence-electron chi connectivity index (χ4n) is 3.69. The molecule has 2 heterocycles. The SMILES string of the molecule is CCNC(=NCC1CCN(S(C)(=O)=O)CC1)N1CCCC(C(=O)OCC)C1.I. The average molecular weight is 530 g/mol. The van der Waals surface area contributed by atoms with Gasteiger partial charge in [0.15, 0.2) is 5.96 Å². The normalized spacial score (nSPS) is 22.5. The van der Waals surface area contributed by atoms with E-state index in [9.17, 15) is 13.2 Å². The van der Waals surface area contributed by atoms with Gasteiger partial charge in [0, 0.05) is 39.3 Å². The summed E-state index contributed by atoms with van der Waals surface area (Å²) >= 11 is 0. The van der Waals surface area contributed by atoms with E-state index >= 15 is 0 Å². The number of likely N-dealkylation sites (tertiary alicyclic amines) is 1. The molecule has 0 aromatic heterocycles. The number of guanidine groups is 1. The van der Waals surface area contributed by atoms with Gasteiger partial charge in [0.2, 0.25) is 10.0 Å². The van der Waals surface area contributed by atoms with E-state index in [1.165, 1.54) is 6.26 Å². The molecule has 0 radical (unpaired) electrons. The minimum Gasteiger partial charge on any atom is -0.466 e. The molecule has 28 heavy (non-hydrogen) atoms. The molecule has 10 heteroatoms. The molecule has 2 aliphatic heterocycles. The summed E-state index contributed by atoms with van der Waals surface area (Å²) in [6, 6.07) is 0. The Morgan fingerprint density at radius 3 is 2.43 bits per heavy atom. The van der Waals surface area contributed by atoms with Crippen molar-refractivity contribution in [1.82, 2.24) is 14.5 Å². The van der Waals surface area contributed by atoms with Gasteiger partial charge in [-0.2, -0.15) is 0 Å². The third-order valence-electron chi connectivity index (χ3n) is 5.22. The molecule has 0 aliphatic carbocycles. The largest absolute Gasteiger partial charge is 0.466 e. The number of ether oxygens (including phenoxy) is 1. The molecule has 0 aromatic carbocycles. The average Bonchev–Trinajstić information content (AvgIpc) is 2.65. The Morgan fingerprint density at radius 2 is 1.86 bits per heavy atom. The highest BCUT2D eigenvalue weighted by Crippen LogP contribution is 2.21. The second-order valence-corrected chi connectivity index (χ2v) is 9.32. The van der Waals surface area contributed by atoms with Crippen LogP contribution in [0.2, 0.25) is 0 Å². The number of hydrogen-bond acceptors (Lipinski definition) is 5. The number of carbonyl (C=O) groups is 1. The number of carbonyl (C=O) groups excluding carboxylic acids is 1. The summed E-state index contributed by atoms with van der Waals surface area (Å²) in [5, 5.41) is 3.33. The van der Waals surface area contributed by atoms with E-state index in [0.29, 0.717) is 38.7 Å². The molecule has 2 saturated heterocycles. The molecular weight excluding hydrogens is 495 g/mol. The van der Waals surface area contributed by atoms with Crippen LogP contribution in [-0.4, -0.2) is 81.7 Å². The van der Waals surface area contributed by atoms with E-state index in [1.54, 1.807) is 4.31 Å². The summed E-state index contributed by atoms with van der Waals surface area (Å²) in [6.07, 6.45) is 4.74. The van der Waals surface area contributed by atoms with Gasteiger partial charge in [0.05, 0.1) is 18.8 Å². The summed E-state index contributed by atoms with van der Waals surface area (Å²) in [5.74, 6) is 1.02. The molecule has 0 aromatic rings. The molecule has 8 nitrogen and oxygen atoms in total. The number of hydrogen-bond donors (Lipinski definition) is 1. The number of aliphatic imine (C=N–C) groups is 1. The quantitative estimate of drug-likeness (QED) is 0.243. The van der Waals surface area contributed by atoms with Crippen molar-refractivity contribution in [2.24, 2.45) is 16.8 Å². The van der Waals surface area contributed by atoms with Crippen molar-refractivity contribution >= 4 is 45.9 Å². The van der Waals surface area contributed by atoms with Crippen molar-refractivity contribution in [2.45, 2.75) is 39.5 Å². The van der Waals surface area contributed by atoms with Gasteiger partial charge in [-0.1, -0.05) is 0 Å². The van der Waals surface area contributed by atoms with Gasteiger partial charge in [0.25, 0.3) is 0 Å². The predicted octanol–water partition coefficient (Wildman–Crippen LogP) is 1.52. The van der Waals surface area contributed by atoms with Crippen LogP contribution in [0, 0.1) is 11.8 Å². The topological polar surface area (TPSA) is 91.3 Å². The Morgan fingerprint density at radius 1 is 1.18 bits per heavy atom. The van der Waals surface area contributed by atoms with Crippen LogP contribution in [0.25, 0.3) is 0 Å². The van der Waals surface area contributed by atoms with Crippen molar-refractivity contribution in [3.05, 3.63) is 0 Å². The molecule has 1 N–H and O–H groups in total. The molecule has 2 fully saturated rings. The molecule has 1 unspecified atom stereocenters. The first-order chi connectivity index (χ1) is 12.8. The van der Waals surface area contributed by atoms with E-state index in [0.717, 1.165) is 44.7 Å². The Bertz CT molecular complexity index is 621. The molecule has 1 atom stereocenters. The van der Waals surface area contributed by atoms with Crippen LogP contribution in [-0.2, 0) is 19.6 Å². The number of nitrogens with one attached hydrogen (secondary N) is 1. The second kappa shape index (κ2) is 12.2. The van der Waals surface area contributed by atoms with Gasteiger partial charge in [-0.15, -0.1) is 24.0 Å². The zero-order valence-electron chi connectivity index (χ0n) is 17.2. The maximum atomic E-state index is 12.1. The second-order valence-electron chi connectivity index (χ2n) is 7.34. The van der Waals surface area contributed by atoms with Gasteiger partial charge in [-0.05, 0) is 45.4 Å². The van der Waals surface area contributed by atoms with Crippen molar-refractivity contribution in [1.29, 1.82) is 0 Å². The number of halogens is 1. The van der Waals surface area contributed by atoms with Crippen molar-refractivity contribution in [3.8, 4) is 0 Å². The maximum Gasteiger partial charge on any atom is 0.310 e. The summed E-state index contributed by atoms with van der Waals surface area (Å²) in [5.41, 5.74) is 0. The highest BCUT2D eigenvalue weighted by atomic mass is 127. The van der Waals surface area contributed by atoms with Crippen LogP contribution in [0.15, 0.2) is 4.99 Å². The zero-order chi connectivity index (χ0) is 19.9. The third kappa shape index (κ3) is 7.66. The maximum absolute atomic E-state index is 12.1. The number of nitrogens with zero attached hydrogens (tertiary/aromatic N) is 3. The summed E-state index contributed by atoms with van der Waals surface area (Å²) in [4.78, 5) is 19.0. The monoisotopic (exact) mass is 530 g/mol. The van der Waals surface area contributed by atoms with Crippen LogP contribution in [0.4, 0.5) is 0 Å². The van der Waals surface area contributed by atoms with Gasteiger partial charge in [-0.3, -0.25) is 9.79 Å². The molecule has 2 rings (SSSR count). The summed E-state index contributed by atoms with van der Waals surface area (Å²) in [6.45, 7) is 8.40. The molecule has 0 bridgehead atoms. The minimum absolute atomic E-state index is 0. The number of piperidine rings is 2. The lowest BCUT2D eigenvalue weighted by atomic mass is 9.98. The van der Waals surface area contributed by atoms with E-state index in [-0.39, 0.29) is 35.9 Å². The predicted molar refractivity (Wildman–Crippen MR) is 121 cm³/mol. The minimum atomic E-state index is -3.09. The first-order valence-corrected chi connectivity index (χ1v) is 11.8. The van der Waals surface area contributed by atoms with Gasteiger partial charge in [0.1, 0.15) is 0 Å². The van der Waals surface area contributed by atoms with Gasteiger partial charge >= 0.3 is 5.97 Å². The van der Waals surface area contributed by atoms with Crippen LogP contribution >= 0.6 is 24.0 Å². The van der Waals surface area contributed by atoms with E-state index in [1.807, 2.05) is 13.8 Å². The Labute approximate surface area is 186 Å². The zero-order valence-corrected chi connectivity index (χ0v) is 20.4. The standard InChI is InChI=1S/C18H34N4O4S.HI/c1-4-19-18(21-10-6-7-16(14-21)17(23)26-5-2)20-13-15-8-11-22(12-9-15)27(3,24)25;/h15-16H,4-14H2,1-3H3,(H,19,20);1H. The van der Waals surface area contributed by atoms with Gasteiger partial charge < -0.3 is 15.0 Å². The lowest BCUT2D eigenvalue weighted by Crippen LogP contribution is -2.48. The summed E-state index contributed by atoms with van der Waals surface area (Å²) in [7, 11) is -3.09. The fourth-order valence-corrected chi connectivity index (χ4v) is 4.56. The van der Waals surface area contributed by atoms with Crippen molar-refractivity contribution in [3.63, 3.8) is 0 Å². The fraction of sp³-hybridized carbons (Fsp3) is 0.889. The molecule has 0 amide bonds. The van der Waals surface area contributed by atoms with Gasteiger partial charge in [-0.25, -0.2) is 12.7 Å². The molecule has 164 valence electrons. The van der Waals surface area contributed by atoms with Crippen LogP contribution < -0.4 is 5.32 Å². The van der Waals surface area contributed by atoms with E-state index in [4.69, 9.17) is 9.73 Å². The van der Waals surface area contributed by atoms with E-state index in [2.05, 4.69) is 10.2 Å². The first-order valence-electron chi connectivity index (χ1n) is 10.00. The molecule has 2 aliphatic rings. The molecule has 0 saturated carbocycles. The Kier molecular flexibility index (Phi) is 11.0. The van der Waals surface area contributed by atoms with Crippen molar-refractivity contribution < 1.29 is 17.9 Å². The van der Waals surface area contributed by atoms with Crippen LogP contribution in [0.1, 0.15) is 39.5 Å². The molecule has 0 spiro atoms. The number of sulfonamides is 1. The smallest absolute Gasteiger partial charge is 0.310 e. The number of rotatable bonds is 6. The Hall–Kier alpha value is -0.620. The van der Waals surface area contributed by atoms with Crippen molar-refractivity contribution in [2.75, 3.05) is 52.1 Å². The lowest BCUT2D eigenvalue weighted by Gasteiger charge is -2.34. The highest BCUT2D eigenvalue weighted by molar-refractivity contribution is 14.0. The third-order valence-corrected chi connectivity index (χ3v) is 6.52. The first kappa shape index (κ1) is 25.4. The molecular formula is C18H35IN4O4S. The van der Waals surface area contributed by atoms with E-state index < -0.39 is 10.0 Å². The van der Waals surface area contributed by atoms with Crippen LogP contribution in [0.3, 0.4) is 0 Å². The highest BCUT2D eigenvalue weighted by Gasteiger charge is 2.29. The lowest BCUT2D eigenvalue weighted by molar-refractivity contribution is -0.149. The summed E-state index contributed by atoms with van der Waals surface area (Å²) < 4.78 is 30.0. The number of esters is 1.